The summed E-state index contributed by atoms with van der Waals surface area (Å²) in [4.78, 5) is 12.4. The van der Waals surface area contributed by atoms with Crippen LogP contribution < -0.4 is 0 Å². The number of carbonyl (C=O) groups excluding carboxylic acids is 1. The molecule has 3 rings (SSSR count). The number of hydrogen-bond acceptors (Lipinski definition) is 3. The van der Waals surface area contributed by atoms with Gasteiger partial charge in [0, 0.05) is 12.0 Å². The van der Waals surface area contributed by atoms with Gasteiger partial charge in [-0.1, -0.05) is 45.2 Å². The van der Waals surface area contributed by atoms with Crippen molar-refractivity contribution < 1.29 is 19.0 Å². The number of halogens is 1. The van der Waals surface area contributed by atoms with Crippen LogP contribution in [0.25, 0.3) is 0 Å². The lowest BCUT2D eigenvalue weighted by atomic mass is 9.73. The molecule has 3 unspecified atom stereocenters. The van der Waals surface area contributed by atoms with Crippen LogP contribution in [0, 0.1) is 23.6 Å². The largest absolute Gasteiger partial charge is 0.458 e. The minimum atomic E-state index is -0.941. The molecule has 3 nitrogen and oxygen atoms in total. The fourth-order valence-corrected chi connectivity index (χ4v) is 4.52. The average molecular weight is 348 g/mol. The standard InChI is InChI=1S/C21H29FO3/c1-4-14-5-7-15(8-6-14)12(2)18-11-16-9-10-17(13(3)23)20(22)19(16)21(24)25-18/h9-10,12-15,18,23H,4-8,11H2,1-3H3. The summed E-state index contributed by atoms with van der Waals surface area (Å²) in [6.45, 7) is 5.92. The second-order valence-corrected chi connectivity index (χ2v) is 7.87. The van der Waals surface area contributed by atoms with E-state index in [0.717, 1.165) is 5.92 Å². The van der Waals surface area contributed by atoms with Gasteiger partial charge in [0.05, 0.1) is 11.7 Å². The SMILES string of the molecule is CCC1CCC(C(C)C2Cc3ccc(C(C)O)c(F)c3C(=O)O2)CC1. The molecule has 2 aliphatic rings. The van der Waals surface area contributed by atoms with E-state index in [0.29, 0.717) is 17.9 Å². The smallest absolute Gasteiger partial charge is 0.341 e. The number of esters is 1. The first-order chi connectivity index (χ1) is 11.9. The first kappa shape index (κ1) is 18.4. The average Bonchev–Trinajstić information content (AvgIpc) is 2.60. The first-order valence-corrected chi connectivity index (χ1v) is 9.62. The van der Waals surface area contributed by atoms with Gasteiger partial charge in [-0.25, -0.2) is 9.18 Å². The van der Waals surface area contributed by atoms with Crippen LogP contribution >= 0.6 is 0 Å². The highest BCUT2D eigenvalue weighted by molar-refractivity contribution is 5.92. The van der Waals surface area contributed by atoms with Crippen LogP contribution in [-0.4, -0.2) is 17.2 Å². The Balaban J connectivity index is 1.75. The van der Waals surface area contributed by atoms with Gasteiger partial charge in [0.15, 0.2) is 0 Å². The second kappa shape index (κ2) is 7.45. The number of fused-ring (bicyclic) bond motifs is 1. The van der Waals surface area contributed by atoms with Gasteiger partial charge in [-0.05, 0) is 43.1 Å². The number of carbonyl (C=O) groups is 1. The summed E-state index contributed by atoms with van der Waals surface area (Å²) in [5.41, 5.74) is 0.869. The van der Waals surface area contributed by atoms with Crippen LogP contribution in [0.3, 0.4) is 0 Å². The van der Waals surface area contributed by atoms with E-state index in [1.807, 2.05) is 0 Å². The molecule has 0 saturated heterocycles. The van der Waals surface area contributed by atoms with E-state index in [-0.39, 0.29) is 23.1 Å². The van der Waals surface area contributed by atoms with Crippen LogP contribution in [0.5, 0.6) is 0 Å². The number of benzene rings is 1. The fraction of sp³-hybridized carbons (Fsp3) is 0.667. The van der Waals surface area contributed by atoms with Gasteiger partial charge in [0.25, 0.3) is 0 Å². The molecule has 1 fully saturated rings. The topological polar surface area (TPSA) is 46.5 Å². The molecule has 25 heavy (non-hydrogen) atoms. The quantitative estimate of drug-likeness (QED) is 0.794. The molecule has 0 amide bonds. The minimum Gasteiger partial charge on any atom is -0.458 e. The van der Waals surface area contributed by atoms with Crippen molar-refractivity contribution >= 4 is 5.97 Å². The van der Waals surface area contributed by atoms with Crippen LogP contribution in [0.1, 0.15) is 80.5 Å². The normalized spacial score (nSPS) is 28.8. The molecule has 0 bridgehead atoms. The summed E-state index contributed by atoms with van der Waals surface area (Å²) in [5.74, 6) is 0.483. The molecule has 1 aromatic rings. The zero-order valence-corrected chi connectivity index (χ0v) is 15.4. The van der Waals surface area contributed by atoms with E-state index >= 15 is 0 Å². The molecule has 0 spiro atoms. The molecule has 1 aliphatic carbocycles. The Morgan fingerprint density at radius 2 is 1.92 bits per heavy atom. The molecule has 1 aromatic carbocycles. The van der Waals surface area contributed by atoms with E-state index in [4.69, 9.17) is 4.74 Å². The van der Waals surface area contributed by atoms with Crippen molar-refractivity contribution in [1.29, 1.82) is 0 Å². The van der Waals surface area contributed by atoms with Gasteiger partial charge in [0.1, 0.15) is 11.9 Å². The van der Waals surface area contributed by atoms with E-state index in [1.54, 1.807) is 12.1 Å². The maximum atomic E-state index is 14.6. The monoisotopic (exact) mass is 348 g/mol. The summed E-state index contributed by atoms with van der Waals surface area (Å²) in [7, 11) is 0. The lowest BCUT2D eigenvalue weighted by molar-refractivity contribution is -0.00409. The summed E-state index contributed by atoms with van der Waals surface area (Å²) < 4.78 is 20.2. The number of aliphatic hydroxyl groups excluding tert-OH is 1. The van der Waals surface area contributed by atoms with Crippen molar-refractivity contribution in [2.45, 2.75) is 71.5 Å². The van der Waals surface area contributed by atoms with Gasteiger partial charge in [0.2, 0.25) is 0 Å². The van der Waals surface area contributed by atoms with Crippen molar-refractivity contribution in [3.8, 4) is 0 Å². The van der Waals surface area contributed by atoms with Crippen molar-refractivity contribution in [2.24, 2.45) is 17.8 Å². The molecule has 3 atom stereocenters. The lowest BCUT2D eigenvalue weighted by Crippen LogP contribution is -2.37. The first-order valence-electron chi connectivity index (χ1n) is 9.62. The number of ether oxygens (including phenoxy) is 1. The Kier molecular flexibility index (Phi) is 5.47. The molecule has 1 heterocycles. The molecule has 1 N–H and O–H groups in total. The molecule has 1 aliphatic heterocycles. The van der Waals surface area contributed by atoms with Gasteiger partial charge in [-0.2, -0.15) is 0 Å². The van der Waals surface area contributed by atoms with E-state index in [9.17, 15) is 14.3 Å². The molecule has 1 saturated carbocycles. The Morgan fingerprint density at radius 3 is 2.52 bits per heavy atom. The second-order valence-electron chi connectivity index (χ2n) is 7.87. The number of hydrogen-bond donors (Lipinski definition) is 1. The highest BCUT2D eigenvalue weighted by atomic mass is 19.1. The summed E-state index contributed by atoms with van der Waals surface area (Å²) in [6.07, 6.45) is 5.59. The molecular formula is C21H29FO3. The highest BCUT2D eigenvalue weighted by Crippen LogP contribution is 2.39. The number of rotatable bonds is 4. The third-order valence-corrected chi connectivity index (χ3v) is 6.39. The van der Waals surface area contributed by atoms with Crippen molar-refractivity contribution in [3.05, 3.63) is 34.6 Å². The third-order valence-electron chi connectivity index (χ3n) is 6.39. The van der Waals surface area contributed by atoms with Crippen LogP contribution in [-0.2, 0) is 11.2 Å². The molecule has 0 radical (unpaired) electrons. The Labute approximate surface area is 149 Å². The van der Waals surface area contributed by atoms with E-state index < -0.39 is 17.9 Å². The van der Waals surface area contributed by atoms with Crippen LogP contribution in [0.4, 0.5) is 4.39 Å². The van der Waals surface area contributed by atoms with E-state index in [1.165, 1.54) is 39.0 Å². The van der Waals surface area contributed by atoms with Gasteiger partial charge in [-0.15, -0.1) is 0 Å². The summed E-state index contributed by atoms with van der Waals surface area (Å²) in [5, 5.41) is 9.65. The fourth-order valence-electron chi connectivity index (χ4n) is 4.52. The third kappa shape index (κ3) is 3.59. The zero-order valence-electron chi connectivity index (χ0n) is 15.4. The molecule has 0 aromatic heterocycles. The number of cyclic esters (lactones) is 1. The van der Waals surface area contributed by atoms with Crippen LogP contribution in [0.15, 0.2) is 12.1 Å². The lowest BCUT2D eigenvalue weighted by Gasteiger charge is -2.37. The van der Waals surface area contributed by atoms with Crippen molar-refractivity contribution in [2.75, 3.05) is 0 Å². The van der Waals surface area contributed by atoms with Crippen LogP contribution in [0.2, 0.25) is 0 Å². The van der Waals surface area contributed by atoms with Gasteiger partial charge in [-0.3, -0.25) is 0 Å². The van der Waals surface area contributed by atoms with Gasteiger partial charge < -0.3 is 9.84 Å². The van der Waals surface area contributed by atoms with E-state index in [2.05, 4.69) is 13.8 Å². The minimum absolute atomic E-state index is 0.0107. The molecular weight excluding hydrogens is 319 g/mol. The Morgan fingerprint density at radius 1 is 1.24 bits per heavy atom. The summed E-state index contributed by atoms with van der Waals surface area (Å²) >= 11 is 0. The predicted molar refractivity (Wildman–Crippen MR) is 94.8 cm³/mol. The molecule has 138 valence electrons. The summed E-state index contributed by atoms with van der Waals surface area (Å²) in [6, 6.07) is 3.36. The maximum absolute atomic E-state index is 14.6. The highest BCUT2D eigenvalue weighted by Gasteiger charge is 2.37. The zero-order chi connectivity index (χ0) is 18.1. The van der Waals surface area contributed by atoms with Gasteiger partial charge >= 0.3 is 5.97 Å². The molecule has 4 heteroatoms. The van der Waals surface area contributed by atoms with Crippen molar-refractivity contribution in [1.82, 2.24) is 0 Å². The maximum Gasteiger partial charge on any atom is 0.341 e. The predicted octanol–water partition coefficient (Wildman–Crippen LogP) is 4.81. The van der Waals surface area contributed by atoms with Crippen molar-refractivity contribution in [3.63, 3.8) is 0 Å². The number of aliphatic hydroxyl groups is 1. The Hall–Kier alpha value is -1.42. The Bertz CT molecular complexity index is 632.